The van der Waals surface area contributed by atoms with Crippen LogP contribution in [0, 0.1) is 0 Å². The fraction of sp³-hybridized carbons (Fsp3) is 0.200. The van der Waals surface area contributed by atoms with Crippen LogP contribution in [-0.2, 0) is 6.54 Å². The summed E-state index contributed by atoms with van der Waals surface area (Å²) in [6.07, 6.45) is 1.36. The molecule has 21 heavy (non-hydrogen) atoms. The second kappa shape index (κ2) is 6.89. The molecule has 2 aromatic rings. The molecule has 1 aromatic carbocycles. The lowest BCUT2D eigenvalue weighted by Crippen LogP contribution is -2.13. The van der Waals surface area contributed by atoms with Crippen molar-refractivity contribution < 1.29 is 4.79 Å². The van der Waals surface area contributed by atoms with Crippen molar-refractivity contribution in [1.29, 1.82) is 0 Å². The lowest BCUT2D eigenvalue weighted by molar-refractivity contribution is 0.102. The smallest absolute Gasteiger partial charge is 0.257 e. The second-order valence-corrected chi connectivity index (χ2v) is 5.67. The van der Waals surface area contributed by atoms with Crippen LogP contribution < -0.4 is 5.32 Å². The third kappa shape index (κ3) is 4.43. The highest BCUT2D eigenvalue weighted by Gasteiger charge is 2.12. The minimum Gasteiger partial charge on any atom is -0.322 e. The largest absolute Gasteiger partial charge is 0.322 e. The summed E-state index contributed by atoms with van der Waals surface area (Å²) in [5.74, 6) is -0.315. The van der Waals surface area contributed by atoms with Gasteiger partial charge in [-0.3, -0.25) is 4.79 Å². The maximum absolute atomic E-state index is 12.2. The Hall–Kier alpha value is -1.62. The van der Waals surface area contributed by atoms with E-state index >= 15 is 0 Å². The number of pyridine rings is 1. The first-order valence-electron chi connectivity index (χ1n) is 6.32. The Labute approximate surface area is 133 Å². The molecule has 4 nitrogen and oxygen atoms in total. The van der Waals surface area contributed by atoms with Gasteiger partial charge in [0.25, 0.3) is 5.91 Å². The van der Waals surface area contributed by atoms with Crippen LogP contribution in [0.3, 0.4) is 0 Å². The summed E-state index contributed by atoms with van der Waals surface area (Å²) in [5.41, 5.74) is 2.17. The normalized spacial score (nSPS) is 10.7. The van der Waals surface area contributed by atoms with Crippen molar-refractivity contribution in [2.45, 2.75) is 6.54 Å². The zero-order valence-electron chi connectivity index (χ0n) is 11.7. The monoisotopic (exact) mass is 323 g/mol. The molecular formula is C15H15Cl2N3O. The van der Waals surface area contributed by atoms with Crippen LogP contribution >= 0.6 is 23.2 Å². The molecule has 0 aliphatic carbocycles. The van der Waals surface area contributed by atoms with Crippen LogP contribution in [0.25, 0.3) is 0 Å². The van der Waals surface area contributed by atoms with Gasteiger partial charge in [0.2, 0.25) is 0 Å². The molecule has 1 N–H and O–H groups in total. The van der Waals surface area contributed by atoms with E-state index in [2.05, 4.69) is 15.2 Å². The number of hydrogen-bond acceptors (Lipinski definition) is 3. The fourth-order valence-electron chi connectivity index (χ4n) is 1.84. The highest BCUT2D eigenvalue weighted by molar-refractivity contribution is 6.35. The minimum absolute atomic E-state index is 0.228. The summed E-state index contributed by atoms with van der Waals surface area (Å²) < 4.78 is 0. The van der Waals surface area contributed by atoms with Crippen LogP contribution in [-0.4, -0.2) is 29.9 Å². The van der Waals surface area contributed by atoms with E-state index in [0.717, 1.165) is 6.54 Å². The van der Waals surface area contributed by atoms with E-state index in [-0.39, 0.29) is 16.1 Å². The van der Waals surface area contributed by atoms with Crippen molar-refractivity contribution in [2.75, 3.05) is 19.4 Å². The van der Waals surface area contributed by atoms with Crippen molar-refractivity contribution in [3.05, 3.63) is 57.8 Å². The lowest BCUT2D eigenvalue weighted by Gasteiger charge is -2.11. The second-order valence-electron chi connectivity index (χ2n) is 4.88. The average molecular weight is 324 g/mol. The summed E-state index contributed by atoms with van der Waals surface area (Å²) in [6, 6.07) is 9.09. The van der Waals surface area contributed by atoms with Crippen LogP contribution in [0.1, 0.15) is 15.9 Å². The van der Waals surface area contributed by atoms with E-state index < -0.39 is 0 Å². The summed E-state index contributed by atoms with van der Waals surface area (Å²) in [5, 5.41) is 3.28. The first-order valence-corrected chi connectivity index (χ1v) is 7.07. The van der Waals surface area contributed by atoms with Gasteiger partial charge in [0.05, 0.1) is 10.6 Å². The van der Waals surface area contributed by atoms with Gasteiger partial charge in [-0.05, 0) is 37.9 Å². The summed E-state index contributed by atoms with van der Waals surface area (Å²) in [4.78, 5) is 18.1. The van der Waals surface area contributed by atoms with Gasteiger partial charge in [0.15, 0.2) is 0 Å². The highest BCUT2D eigenvalue weighted by atomic mass is 35.5. The summed E-state index contributed by atoms with van der Waals surface area (Å²) >= 11 is 11.7. The molecule has 0 bridgehead atoms. The standard InChI is InChI=1S/C15H15Cl2N3O/c1-20(2)9-10-3-5-11(6-4-10)19-15(21)12-7-14(17)18-8-13(12)16/h3-8H,9H2,1-2H3,(H,19,21). The van der Waals surface area contributed by atoms with E-state index in [0.29, 0.717) is 11.3 Å². The molecule has 0 aliphatic rings. The molecule has 1 aromatic heterocycles. The third-order valence-electron chi connectivity index (χ3n) is 2.78. The van der Waals surface area contributed by atoms with Crippen molar-refractivity contribution in [3.8, 4) is 0 Å². The maximum Gasteiger partial charge on any atom is 0.257 e. The maximum atomic E-state index is 12.2. The van der Waals surface area contributed by atoms with Gasteiger partial charge < -0.3 is 10.2 Å². The topological polar surface area (TPSA) is 45.2 Å². The zero-order valence-corrected chi connectivity index (χ0v) is 13.2. The van der Waals surface area contributed by atoms with Crippen LogP contribution in [0.4, 0.5) is 5.69 Å². The number of anilines is 1. The Morgan fingerprint density at radius 1 is 1.24 bits per heavy atom. The van der Waals surface area contributed by atoms with Gasteiger partial charge in [-0.15, -0.1) is 0 Å². The van der Waals surface area contributed by atoms with Crippen molar-refractivity contribution in [3.63, 3.8) is 0 Å². The van der Waals surface area contributed by atoms with Gasteiger partial charge in [-0.25, -0.2) is 4.98 Å². The number of nitrogens with zero attached hydrogens (tertiary/aromatic N) is 2. The van der Waals surface area contributed by atoms with Gasteiger partial charge >= 0.3 is 0 Å². The van der Waals surface area contributed by atoms with Gasteiger partial charge in [-0.1, -0.05) is 35.3 Å². The molecule has 0 spiro atoms. The van der Waals surface area contributed by atoms with E-state index in [1.54, 1.807) is 0 Å². The molecule has 0 fully saturated rings. The number of rotatable bonds is 4. The highest BCUT2D eigenvalue weighted by Crippen LogP contribution is 2.20. The molecule has 110 valence electrons. The van der Waals surface area contributed by atoms with Gasteiger partial charge in [0, 0.05) is 18.4 Å². The quantitative estimate of drug-likeness (QED) is 0.872. The molecule has 1 heterocycles. The van der Waals surface area contributed by atoms with Crippen LogP contribution in [0.2, 0.25) is 10.2 Å². The molecule has 0 atom stereocenters. The number of carbonyl (C=O) groups is 1. The van der Waals surface area contributed by atoms with Crippen molar-refractivity contribution >= 4 is 34.8 Å². The van der Waals surface area contributed by atoms with Gasteiger partial charge in [0.1, 0.15) is 5.15 Å². The Balaban J connectivity index is 2.10. The summed E-state index contributed by atoms with van der Waals surface area (Å²) in [7, 11) is 4.01. The number of benzene rings is 1. The van der Waals surface area contributed by atoms with E-state index in [1.165, 1.54) is 17.8 Å². The molecule has 2 rings (SSSR count). The van der Waals surface area contributed by atoms with Crippen LogP contribution in [0.5, 0.6) is 0 Å². The third-order valence-corrected chi connectivity index (χ3v) is 3.29. The average Bonchev–Trinajstić information content (AvgIpc) is 2.43. The van der Waals surface area contributed by atoms with Crippen LogP contribution in [0.15, 0.2) is 36.5 Å². The summed E-state index contributed by atoms with van der Waals surface area (Å²) in [6.45, 7) is 0.847. The first kappa shape index (κ1) is 15.8. The van der Waals surface area contributed by atoms with Crippen molar-refractivity contribution in [2.24, 2.45) is 0 Å². The molecule has 0 saturated heterocycles. The molecule has 0 aliphatic heterocycles. The predicted octanol–water partition coefficient (Wildman–Crippen LogP) is 3.70. The minimum atomic E-state index is -0.315. The Morgan fingerprint density at radius 3 is 2.52 bits per heavy atom. The Morgan fingerprint density at radius 2 is 1.90 bits per heavy atom. The molecule has 0 unspecified atom stereocenters. The zero-order chi connectivity index (χ0) is 15.4. The number of nitrogens with one attached hydrogen (secondary N) is 1. The van der Waals surface area contributed by atoms with E-state index in [4.69, 9.17) is 23.2 Å². The predicted molar refractivity (Wildman–Crippen MR) is 86.0 cm³/mol. The fourth-order valence-corrected chi connectivity index (χ4v) is 2.19. The number of amides is 1. The Bertz CT molecular complexity index is 642. The number of carbonyl (C=O) groups excluding carboxylic acids is 1. The first-order chi connectivity index (χ1) is 9.95. The van der Waals surface area contributed by atoms with E-state index in [9.17, 15) is 4.79 Å². The van der Waals surface area contributed by atoms with Crippen molar-refractivity contribution in [1.82, 2.24) is 9.88 Å². The SMILES string of the molecule is CN(C)Cc1ccc(NC(=O)c2cc(Cl)ncc2Cl)cc1. The molecule has 0 radical (unpaired) electrons. The molecule has 0 saturated carbocycles. The number of halogens is 2. The van der Waals surface area contributed by atoms with Gasteiger partial charge in [-0.2, -0.15) is 0 Å². The molecular weight excluding hydrogens is 309 g/mol. The number of hydrogen-bond donors (Lipinski definition) is 1. The van der Waals surface area contributed by atoms with E-state index in [1.807, 2.05) is 38.4 Å². The lowest BCUT2D eigenvalue weighted by atomic mass is 10.2. The molecule has 6 heteroatoms. The molecule has 1 amide bonds. The Kier molecular flexibility index (Phi) is 5.17. The number of aromatic nitrogens is 1.